The summed E-state index contributed by atoms with van der Waals surface area (Å²) in [5.74, 6) is 0. The number of aryl methyl sites for hydroxylation is 1. The molecule has 0 spiro atoms. The maximum Gasteiger partial charge on any atom is 0.408 e. The Kier molecular flexibility index (Phi) is 18.9. The molecule has 0 radical (unpaired) electrons. The first-order valence-corrected chi connectivity index (χ1v) is 21.1. The quantitative estimate of drug-likeness (QED) is 0.128. The Hall–Kier alpha value is -4.05. The highest BCUT2D eigenvalue weighted by atomic mass is 32.2. The van der Waals surface area contributed by atoms with Crippen LogP contribution in [0.1, 0.15) is 96.1 Å². The minimum Gasteiger partial charge on any atom is -0.444 e. The van der Waals surface area contributed by atoms with Crippen molar-refractivity contribution in [3.63, 3.8) is 0 Å². The molecule has 13 nitrogen and oxygen atoms in total. The summed E-state index contributed by atoms with van der Waals surface area (Å²) in [5.41, 5.74) is 0.909. The lowest BCUT2D eigenvalue weighted by molar-refractivity contribution is 0.0367. The summed E-state index contributed by atoms with van der Waals surface area (Å²) in [6, 6.07) is 22.8. The number of hydrogen-bond acceptors (Lipinski definition) is 11. The van der Waals surface area contributed by atoms with E-state index in [9.17, 15) is 28.2 Å². The third-order valence-corrected chi connectivity index (χ3v) is 10.1. The molecule has 4 atom stereocenters. The number of likely N-dealkylation sites (tertiary alicyclic amines) is 1. The van der Waals surface area contributed by atoms with Gasteiger partial charge in [0, 0.05) is 6.54 Å². The molecule has 2 heterocycles. The van der Waals surface area contributed by atoms with Crippen molar-refractivity contribution in [2.24, 2.45) is 0 Å². The fourth-order valence-electron chi connectivity index (χ4n) is 5.92. The van der Waals surface area contributed by atoms with E-state index in [2.05, 4.69) is 20.9 Å². The van der Waals surface area contributed by atoms with Crippen LogP contribution < -0.4 is 16.0 Å². The van der Waals surface area contributed by atoms with Gasteiger partial charge in [0.05, 0.1) is 23.6 Å². The van der Waals surface area contributed by atoms with Crippen LogP contribution in [0.2, 0.25) is 0 Å². The van der Waals surface area contributed by atoms with Crippen LogP contribution in [0.15, 0.2) is 89.8 Å². The molecular formula is C43H64N4O9S. The average molecular weight is 813 g/mol. The summed E-state index contributed by atoms with van der Waals surface area (Å²) >= 11 is 0. The molecule has 5 rings (SSSR count). The van der Waals surface area contributed by atoms with E-state index in [1.165, 1.54) is 50.9 Å². The van der Waals surface area contributed by atoms with E-state index in [4.69, 9.17) is 13.7 Å². The molecule has 57 heavy (non-hydrogen) atoms. The summed E-state index contributed by atoms with van der Waals surface area (Å²) in [6.45, 7) is 17.1. The second kappa shape index (κ2) is 22.8. The van der Waals surface area contributed by atoms with Crippen LogP contribution in [0.3, 0.4) is 0 Å². The Labute approximate surface area is 339 Å². The highest BCUT2D eigenvalue weighted by Gasteiger charge is 2.30. The SMILES string of the molecule is C1CCNC1.CC(C)(C)OC(=O)N[C@H](CN1CCCC1)[C@H](O)c1ccccc1.Cc1ccc(S(=O)(=O)OC[C@@H](NC(=O)OC(C)(C)C)[C@H](O)c2ccccc2)cc1. The van der Waals surface area contributed by atoms with Gasteiger partial charge in [0.2, 0.25) is 0 Å². The van der Waals surface area contributed by atoms with E-state index in [1.807, 2.05) is 58.0 Å². The van der Waals surface area contributed by atoms with Crippen LogP contribution >= 0.6 is 0 Å². The summed E-state index contributed by atoms with van der Waals surface area (Å²) in [5, 5.41) is 29.9. The van der Waals surface area contributed by atoms with E-state index in [-0.39, 0.29) is 4.90 Å². The maximum absolute atomic E-state index is 12.5. The topological polar surface area (TPSA) is 176 Å². The van der Waals surface area contributed by atoms with Gasteiger partial charge in [-0.25, -0.2) is 9.59 Å². The molecule has 14 heteroatoms. The second-order valence-corrected chi connectivity index (χ2v) is 17.8. The van der Waals surface area contributed by atoms with E-state index >= 15 is 0 Å². The number of nitrogens with zero attached hydrogens (tertiary/aromatic N) is 1. The molecule has 0 unspecified atom stereocenters. The molecule has 2 amide bonds. The number of carbonyl (C=O) groups is 2. The Morgan fingerprint density at radius 3 is 1.56 bits per heavy atom. The molecule has 2 fully saturated rings. The fraction of sp³-hybridized carbons (Fsp3) is 0.535. The molecule has 5 N–H and O–H groups in total. The van der Waals surface area contributed by atoms with Gasteiger partial charge in [-0.2, -0.15) is 8.42 Å². The average Bonchev–Trinajstić information content (AvgIpc) is 3.91. The Morgan fingerprint density at radius 2 is 1.14 bits per heavy atom. The predicted molar refractivity (Wildman–Crippen MR) is 221 cm³/mol. The summed E-state index contributed by atoms with van der Waals surface area (Å²) in [7, 11) is -4.06. The molecule has 2 aliphatic heterocycles. The van der Waals surface area contributed by atoms with Crippen molar-refractivity contribution < 1.29 is 41.9 Å². The normalized spacial score (nSPS) is 16.7. The van der Waals surface area contributed by atoms with Gasteiger partial charge in [0.15, 0.2) is 0 Å². The number of nitrogens with one attached hydrogen (secondary N) is 3. The zero-order valence-electron chi connectivity index (χ0n) is 34.6. The first kappa shape index (κ1) is 47.3. The number of hydrogen-bond donors (Lipinski definition) is 5. The molecule has 3 aromatic rings. The predicted octanol–water partition coefficient (Wildman–Crippen LogP) is 6.41. The van der Waals surface area contributed by atoms with Gasteiger partial charge in [-0.05, 0) is 124 Å². The van der Waals surface area contributed by atoms with Crippen LogP contribution in [-0.2, 0) is 23.8 Å². The molecule has 0 aromatic heterocycles. The minimum absolute atomic E-state index is 0.00619. The van der Waals surface area contributed by atoms with Gasteiger partial charge in [0.25, 0.3) is 10.1 Å². The number of carbonyl (C=O) groups excluding carboxylic acids is 2. The number of ether oxygens (including phenoxy) is 2. The number of rotatable bonds is 12. The van der Waals surface area contributed by atoms with Crippen molar-refractivity contribution in [3.05, 3.63) is 102 Å². The zero-order chi connectivity index (χ0) is 42.1. The smallest absolute Gasteiger partial charge is 0.408 e. The van der Waals surface area contributed by atoms with Crippen LogP contribution in [-0.4, -0.2) is 98.3 Å². The standard InChI is InChI=1S/C21H27NO6S.C18H28N2O3.C4H9N/c1-15-10-12-17(13-11-15)29(25,26)27-14-18(22-20(24)28-21(2,3)4)19(23)16-8-6-5-7-9-16;1-18(2,3)23-17(22)19-15(13-20-11-7-8-12-20)16(21)14-9-5-4-6-10-14;1-2-4-5-3-1/h5-13,18-19,23H,14H2,1-4H3,(H,22,24);4-6,9-10,15-16,21H,7-8,11-13H2,1-3H3,(H,19,22);5H,1-4H2/t18-,19-;15-,16-;/m11./s1. The van der Waals surface area contributed by atoms with Gasteiger partial charge in [-0.1, -0.05) is 78.4 Å². The molecule has 0 bridgehead atoms. The van der Waals surface area contributed by atoms with Gasteiger partial charge >= 0.3 is 12.2 Å². The van der Waals surface area contributed by atoms with Gasteiger partial charge < -0.3 is 40.5 Å². The molecule has 0 saturated carbocycles. The summed E-state index contributed by atoms with van der Waals surface area (Å²) in [4.78, 5) is 26.6. The van der Waals surface area contributed by atoms with E-state index < -0.39 is 64.4 Å². The lowest BCUT2D eigenvalue weighted by atomic mass is 10.0. The summed E-state index contributed by atoms with van der Waals surface area (Å²) < 4.78 is 40.6. The first-order valence-electron chi connectivity index (χ1n) is 19.7. The van der Waals surface area contributed by atoms with Crippen molar-refractivity contribution in [2.45, 2.75) is 115 Å². The molecule has 0 aliphatic carbocycles. The molecule has 2 saturated heterocycles. The third-order valence-electron chi connectivity index (χ3n) is 8.77. The monoisotopic (exact) mass is 812 g/mol. The van der Waals surface area contributed by atoms with Crippen molar-refractivity contribution >= 4 is 22.3 Å². The van der Waals surface area contributed by atoms with Gasteiger partial charge in [0.1, 0.15) is 23.4 Å². The van der Waals surface area contributed by atoms with Crippen LogP contribution in [0.5, 0.6) is 0 Å². The molecular weight excluding hydrogens is 749 g/mol. The van der Waals surface area contributed by atoms with Crippen LogP contribution in [0.25, 0.3) is 0 Å². The van der Waals surface area contributed by atoms with Crippen molar-refractivity contribution in [1.29, 1.82) is 0 Å². The largest absolute Gasteiger partial charge is 0.444 e. The lowest BCUT2D eigenvalue weighted by Crippen LogP contribution is -2.48. The number of aliphatic hydroxyl groups excluding tert-OH is 2. The summed E-state index contributed by atoms with van der Waals surface area (Å²) in [6.07, 6.45) is 1.88. The number of amides is 2. The maximum atomic E-state index is 12.5. The molecule has 3 aromatic carbocycles. The van der Waals surface area contributed by atoms with Crippen LogP contribution in [0.4, 0.5) is 9.59 Å². The molecule has 316 valence electrons. The highest BCUT2D eigenvalue weighted by molar-refractivity contribution is 7.86. The van der Waals surface area contributed by atoms with Crippen molar-refractivity contribution in [2.75, 3.05) is 39.3 Å². The second-order valence-electron chi connectivity index (χ2n) is 16.2. The zero-order valence-corrected chi connectivity index (χ0v) is 35.4. The number of alkyl carbamates (subject to hydrolysis) is 2. The van der Waals surface area contributed by atoms with Crippen LogP contribution in [0, 0.1) is 6.92 Å². The number of aliphatic hydroxyl groups is 2. The highest BCUT2D eigenvalue weighted by Crippen LogP contribution is 2.22. The first-order chi connectivity index (χ1) is 26.8. The Bertz CT molecular complexity index is 1710. The Balaban J connectivity index is 0.000000276. The van der Waals surface area contributed by atoms with Crippen molar-refractivity contribution in [1.82, 2.24) is 20.9 Å². The van der Waals surface area contributed by atoms with Gasteiger partial charge in [-0.3, -0.25) is 4.18 Å². The third kappa shape index (κ3) is 18.4. The van der Waals surface area contributed by atoms with E-state index in [1.54, 1.807) is 63.2 Å². The van der Waals surface area contributed by atoms with Gasteiger partial charge in [-0.15, -0.1) is 0 Å². The lowest BCUT2D eigenvalue weighted by Gasteiger charge is -2.30. The van der Waals surface area contributed by atoms with Crippen molar-refractivity contribution in [3.8, 4) is 0 Å². The fourth-order valence-corrected chi connectivity index (χ4v) is 6.85. The molecule has 2 aliphatic rings. The van der Waals surface area contributed by atoms with E-state index in [0.717, 1.165) is 24.2 Å². The van der Waals surface area contributed by atoms with E-state index in [0.29, 0.717) is 12.1 Å². The Morgan fingerprint density at radius 1 is 0.702 bits per heavy atom. The number of benzene rings is 3. The minimum atomic E-state index is -4.06.